The minimum atomic E-state index is -1.96. The summed E-state index contributed by atoms with van der Waals surface area (Å²) in [5.74, 6) is -2.09. The molecule has 2 atom stereocenters. The summed E-state index contributed by atoms with van der Waals surface area (Å²) in [6, 6.07) is 2.89. The van der Waals surface area contributed by atoms with Gasteiger partial charge in [0.05, 0.1) is 29.0 Å². The van der Waals surface area contributed by atoms with Gasteiger partial charge in [0.2, 0.25) is 0 Å². The zero-order valence-electron chi connectivity index (χ0n) is 19.0. The number of hydrogen-bond acceptors (Lipinski definition) is 8. The van der Waals surface area contributed by atoms with Crippen molar-refractivity contribution in [1.82, 2.24) is 9.55 Å². The number of carbonyl (C=O) groups excluding carboxylic acids is 2. The predicted octanol–water partition coefficient (Wildman–Crippen LogP) is 1.66. The third-order valence-electron chi connectivity index (χ3n) is 7.46. The molecular weight excluding hydrogens is 459 g/mol. The fourth-order valence-corrected chi connectivity index (χ4v) is 5.62. The average molecular weight is 480 g/mol. The van der Waals surface area contributed by atoms with Crippen LogP contribution in [0.5, 0.6) is 0 Å². The zero-order chi connectivity index (χ0) is 24.8. The second-order valence-electron chi connectivity index (χ2n) is 9.15. The molecule has 6 rings (SSSR count). The Balaban J connectivity index is 1.65. The van der Waals surface area contributed by atoms with Crippen LogP contribution in [-0.4, -0.2) is 38.3 Å². The zero-order valence-corrected chi connectivity index (χ0v) is 19.0. The van der Waals surface area contributed by atoms with Gasteiger partial charge in [-0.1, -0.05) is 6.92 Å². The Bertz CT molecular complexity index is 1560. The molecule has 2 N–H and O–H groups in total. The van der Waals surface area contributed by atoms with E-state index in [0.717, 1.165) is 0 Å². The maximum absolute atomic E-state index is 14.8. The van der Waals surface area contributed by atoms with Gasteiger partial charge in [0.1, 0.15) is 25.1 Å². The molecule has 1 aliphatic carbocycles. The molecule has 180 valence electrons. The van der Waals surface area contributed by atoms with Crippen molar-refractivity contribution in [2.24, 2.45) is 0 Å². The van der Waals surface area contributed by atoms with Gasteiger partial charge in [0, 0.05) is 34.6 Å². The molecule has 4 heterocycles. The van der Waals surface area contributed by atoms with E-state index >= 15 is 0 Å². The average Bonchev–Trinajstić information content (AvgIpc) is 3.40. The molecule has 9 nitrogen and oxygen atoms in total. The van der Waals surface area contributed by atoms with E-state index in [2.05, 4.69) is 4.98 Å². The molecule has 0 spiro atoms. The first-order chi connectivity index (χ1) is 16.7. The van der Waals surface area contributed by atoms with Crippen molar-refractivity contribution >= 4 is 22.8 Å². The summed E-state index contributed by atoms with van der Waals surface area (Å²) in [4.78, 5) is 42.5. The first-order valence-electron chi connectivity index (χ1n) is 11.3. The molecule has 10 heteroatoms. The summed E-state index contributed by atoms with van der Waals surface area (Å²) in [6.07, 6.45) is -0.543. The molecule has 0 radical (unpaired) electrons. The highest BCUT2D eigenvalue weighted by atomic mass is 19.1. The Labute approximate surface area is 197 Å². The van der Waals surface area contributed by atoms with Gasteiger partial charge in [-0.15, -0.1) is 0 Å². The molecule has 0 bridgehead atoms. The Morgan fingerprint density at radius 3 is 2.80 bits per heavy atom. The first-order valence-corrected chi connectivity index (χ1v) is 11.3. The lowest BCUT2D eigenvalue weighted by molar-refractivity contribution is -0.172. The number of fused-ring (bicyclic) bond motifs is 5. The molecule has 2 aliphatic heterocycles. The SMILES string of the molecule is CC[C@@]1(O)C(=O)OCc2c1cc1n(c2=O)Cc2c-1nc1cc(F)c(C)c3c1c2C(OC(=O)CO)C3. The number of benzene rings is 1. The van der Waals surface area contributed by atoms with Crippen molar-refractivity contribution in [1.29, 1.82) is 0 Å². The molecule has 0 saturated heterocycles. The Morgan fingerprint density at radius 1 is 1.31 bits per heavy atom. The van der Waals surface area contributed by atoms with Gasteiger partial charge in [-0.2, -0.15) is 0 Å². The summed E-state index contributed by atoms with van der Waals surface area (Å²) in [5.41, 5.74) is 1.48. The van der Waals surface area contributed by atoms with Crippen molar-refractivity contribution in [2.45, 2.75) is 51.5 Å². The van der Waals surface area contributed by atoms with E-state index in [-0.39, 0.29) is 37.1 Å². The van der Waals surface area contributed by atoms with E-state index in [9.17, 15) is 29.0 Å². The molecule has 2 aromatic heterocycles. The highest BCUT2D eigenvalue weighted by molar-refractivity contribution is 5.94. The summed E-state index contributed by atoms with van der Waals surface area (Å²) >= 11 is 0. The van der Waals surface area contributed by atoms with Crippen LogP contribution in [0.25, 0.3) is 22.3 Å². The number of aliphatic hydroxyl groups excluding tert-OH is 1. The van der Waals surface area contributed by atoms with Crippen molar-refractivity contribution in [3.8, 4) is 11.4 Å². The second kappa shape index (κ2) is 7.19. The van der Waals surface area contributed by atoms with E-state index < -0.39 is 41.6 Å². The van der Waals surface area contributed by atoms with Crippen LogP contribution in [0.4, 0.5) is 4.39 Å². The number of esters is 2. The second-order valence-corrected chi connectivity index (χ2v) is 9.15. The number of pyridine rings is 2. The summed E-state index contributed by atoms with van der Waals surface area (Å²) in [5, 5.41) is 21.0. The third kappa shape index (κ3) is 2.74. The predicted molar refractivity (Wildman–Crippen MR) is 119 cm³/mol. The fraction of sp³-hybridized carbons (Fsp3) is 0.360. The van der Waals surface area contributed by atoms with E-state index in [0.29, 0.717) is 44.5 Å². The van der Waals surface area contributed by atoms with Crippen LogP contribution in [0.15, 0.2) is 16.9 Å². The Kier molecular flexibility index (Phi) is 4.49. The van der Waals surface area contributed by atoms with Gasteiger partial charge in [0.15, 0.2) is 5.60 Å². The minimum Gasteiger partial charge on any atom is -0.458 e. The molecule has 3 aliphatic rings. The van der Waals surface area contributed by atoms with Gasteiger partial charge in [-0.3, -0.25) is 4.79 Å². The van der Waals surface area contributed by atoms with Gasteiger partial charge >= 0.3 is 11.9 Å². The molecule has 0 saturated carbocycles. The molecule has 1 unspecified atom stereocenters. The van der Waals surface area contributed by atoms with Gasteiger partial charge in [-0.05, 0) is 30.5 Å². The number of nitrogens with zero attached hydrogens (tertiary/aromatic N) is 2. The number of cyclic esters (lactones) is 1. The molecule has 1 aromatic carbocycles. The highest BCUT2D eigenvalue weighted by Crippen LogP contribution is 2.48. The summed E-state index contributed by atoms with van der Waals surface area (Å²) in [6.45, 7) is 2.34. The molecule has 35 heavy (non-hydrogen) atoms. The topological polar surface area (TPSA) is 128 Å². The van der Waals surface area contributed by atoms with Crippen molar-refractivity contribution in [3.05, 3.63) is 61.7 Å². The highest BCUT2D eigenvalue weighted by Gasteiger charge is 2.46. The number of aliphatic hydroxyl groups is 2. The lowest BCUT2D eigenvalue weighted by Gasteiger charge is -2.31. The van der Waals surface area contributed by atoms with E-state index in [1.807, 2.05) is 0 Å². The van der Waals surface area contributed by atoms with Crippen LogP contribution in [0.1, 0.15) is 52.8 Å². The van der Waals surface area contributed by atoms with Crippen molar-refractivity contribution in [2.75, 3.05) is 6.61 Å². The van der Waals surface area contributed by atoms with E-state index in [1.165, 1.54) is 10.6 Å². The lowest BCUT2D eigenvalue weighted by atomic mass is 9.86. The maximum atomic E-state index is 14.8. The van der Waals surface area contributed by atoms with Crippen molar-refractivity contribution < 1.29 is 33.7 Å². The quantitative estimate of drug-likeness (QED) is 0.424. The van der Waals surface area contributed by atoms with Gasteiger partial charge < -0.3 is 24.3 Å². The summed E-state index contributed by atoms with van der Waals surface area (Å²) in [7, 11) is 0. The maximum Gasteiger partial charge on any atom is 0.343 e. The van der Waals surface area contributed by atoms with Gasteiger partial charge in [0.25, 0.3) is 5.56 Å². The van der Waals surface area contributed by atoms with Crippen LogP contribution >= 0.6 is 0 Å². The van der Waals surface area contributed by atoms with E-state index in [4.69, 9.17) is 9.47 Å². The standard InChI is InChI=1S/C25H21FN2O7/c1-3-25(33)14-5-17-22-12(7-28(17)23(31)13(14)9-34-24(25)32)21-18(35-19(30)8-29)4-11-10(2)15(26)6-16(27-22)20(11)21/h5-6,18,29,33H,3-4,7-9H2,1-2H3/t18?,25-/m0/s1. The number of hydrogen-bond donors (Lipinski definition) is 2. The molecule has 0 fully saturated rings. The fourth-order valence-electron chi connectivity index (χ4n) is 5.62. The minimum absolute atomic E-state index is 0.0119. The van der Waals surface area contributed by atoms with Crippen LogP contribution in [0, 0.1) is 12.7 Å². The number of ether oxygens (including phenoxy) is 2. The van der Waals surface area contributed by atoms with Crippen molar-refractivity contribution in [3.63, 3.8) is 0 Å². The largest absolute Gasteiger partial charge is 0.458 e. The number of rotatable bonds is 3. The van der Waals surface area contributed by atoms with Gasteiger partial charge in [-0.25, -0.2) is 19.0 Å². The Hall–Kier alpha value is -3.63. The van der Waals surface area contributed by atoms with Crippen LogP contribution in [0.2, 0.25) is 0 Å². The number of halogens is 1. The Morgan fingerprint density at radius 2 is 2.09 bits per heavy atom. The lowest BCUT2D eigenvalue weighted by Crippen LogP contribution is -2.44. The molecule has 0 amide bonds. The first kappa shape index (κ1) is 21.9. The van der Waals surface area contributed by atoms with Crippen LogP contribution in [-0.2, 0) is 44.2 Å². The number of aromatic nitrogens is 2. The number of carbonyl (C=O) groups is 2. The monoisotopic (exact) mass is 480 g/mol. The molecule has 3 aromatic rings. The summed E-state index contributed by atoms with van der Waals surface area (Å²) < 4.78 is 26.9. The van der Waals surface area contributed by atoms with Crippen LogP contribution < -0.4 is 5.56 Å². The smallest absolute Gasteiger partial charge is 0.343 e. The molecular formula is C25H21FN2O7. The third-order valence-corrected chi connectivity index (χ3v) is 7.46. The van der Waals surface area contributed by atoms with E-state index in [1.54, 1.807) is 19.9 Å². The van der Waals surface area contributed by atoms with Crippen LogP contribution in [0.3, 0.4) is 0 Å². The normalized spacial score (nSPS) is 21.5.